The van der Waals surface area contributed by atoms with E-state index in [2.05, 4.69) is 35.8 Å². The van der Waals surface area contributed by atoms with Gasteiger partial charge in [-0.25, -0.2) is 0 Å². The summed E-state index contributed by atoms with van der Waals surface area (Å²) in [4.78, 5) is 0. The van der Waals surface area contributed by atoms with E-state index < -0.39 is 0 Å². The van der Waals surface area contributed by atoms with E-state index in [0.717, 1.165) is 43.0 Å². The molecule has 2 aromatic rings. The Labute approximate surface area is 201 Å². The number of nitrogens with one attached hydrogen (secondary N) is 2. The third kappa shape index (κ3) is 4.68. The van der Waals surface area contributed by atoms with Gasteiger partial charge in [0.25, 0.3) is 0 Å². The number of halogens is 2. The molecule has 0 atom stereocenters. The molecule has 4 saturated carbocycles. The maximum absolute atomic E-state index is 10.1. The number of aromatic hydroxyl groups is 1. The van der Waals surface area contributed by atoms with Crippen LogP contribution in [-0.4, -0.2) is 18.2 Å². The molecule has 4 aliphatic carbocycles. The lowest BCUT2D eigenvalue weighted by Gasteiger charge is -2.57. The average Bonchev–Trinajstić information content (AvgIpc) is 2.72. The van der Waals surface area contributed by atoms with Crippen molar-refractivity contribution in [2.45, 2.75) is 64.0 Å². The number of hydrogen-bond acceptors (Lipinski definition) is 3. The highest BCUT2D eigenvalue weighted by atomic mass is 35.5. The standard InChI is InChI=1S/C27H34Cl2N2O/c1-17-4-21(15-30-2-3-31-16-22-10-24(28)11-25(29)26(22)32)9-23(5-17)27-12-18-6-19(13-27)8-20(7-18)14-27/h4-5,9-11,18-20,30-32H,2-3,6-8,12-16H2,1H3. The molecule has 0 radical (unpaired) electrons. The summed E-state index contributed by atoms with van der Waals surface area (Å²) in [6.07, 6.45) is 8.72. The van der Waals surface area contributed by atoms with Gasteiger partial charge >= 0.3 is 0 Å². The number of hydrogen-bond donors (Lipinski definition) is 3. The van der Waals surface area contributed by atoms with Crippen LogP contribution in [0.2, 0.25) is 10.0 Å². The zero-order valence-corrected chi connectivity index (χ0v) is 20.4. The largest absolute Gasteiger partial charge is 0.506 e. The molecule has 3 N–H and O–H groups in total. The average molecular weight is 473 g/mol. The molecule has 0 aliphatic heterocycles. The van der Waals surface area contributed by atoms with Crippen LogP contribution in [-0.2, 0) is 18.5 Å². The van der Waals surface area contributed by atoms with Crippen LogP contribution in [0.4, 0.5) is 0 Å². The number of rotatable bonds is 8. The maximum atomic E-state index is 10.1. The van der Waals surface area contributed by atoms with Crippen molar-refractivity contribution >= 4 is 23.2 Å². The zero-order chi connectivity index (χ0) is 22.3. The van der Waals surface area contributed by atoms with Gasteiger partial charge < -0.3 is 15.7 Å². The Bertz CT molecular complexity index is 955. The van der Waals surface area contributed by atoms with Crippen molar-refractivity contribution in [3.05, 3.63) is 62.6 Å². The summed E-state index contributed by atoms with van der Waals surface area (Å²) in [5.74, 6) is 3.03. The van der Waals surface area contributed by atoms with Crippen LogP contribution < -0.4 is 10.6 Å². The molecule has 0 heterocycles. The van der Waals surface area contributed by atoms with Crippen molar-refractivity contribution in [1.82, 2.24) is 10.6 Å². The van der Waals surface area contributed by atoms with Crippen molar-refractivity contribution in [2.75, 3.05) is 13.1 Å². The van der Waals surface area contributed by atoms with Gasteiger partial charge in [0.15, 0.2) is 0 Å². The predicted octanol–water partition coefficient (Wildman–Crippen LogP) is 6.35. The highest BCUT2D eigenvalue weighted by molar-refractivity contribution is 6.35. The van der Waals surface area contributed by atoms with Gasteiger partial charge in [-0.2, -0.15) is 0 Å². The number of aryl methyl sites for hydroxylation is 1. The fraction of sp³-hybridized carbons (Fsp3) is 0.556. The number of phenols is 1. The number of benzene rings is 2. The molecule has 2 aromatic carbocycles. The van der Waals surface area contributed by atoms with Crippen molar-refractivity contribution < 1.29 is 5.11 Å². The van der Waals surface area contributed by atoms with Crippen LogP contribution >= 0.6 is 23.2 Å². The fourth-order valence-corrected chi connectivity index (χ4v) is 7.66. The van der Waals surface area contributed by atoms with E-state index in [4.69, 9.17) is 23.2 Å². The molecular formula is C27H34Cl2N2O. The van der Waals surface area contributed by atoms with E-state index in [1.54, 1.807) is 17.7 Å². The molecule has 172 valence electrons. The van der Waals surface area contributed by atoms with E-state index in [1.165, 1.54) is 49.7 Å². The van der Waals surface area contributed by atoms with Crippen molar-refractivity contribution in [2.24, 2.45) is 17.8 Å². The van der Waals surface area contributed by atoms with Crippen molar-refractivity contribution in [1.29, 1.82) is 0 Å². The molecule has 0 unspecified atom stereocenters. The first-order valence-corrected chi connectivity index (χ1v) is 12.9. The molecule has 0 amide bonds. The number of phenolic OH excluding ortho intramolecular Hbond substituents is 1. The highest BCUT2D eigenvalue weighted by Crippen LogP contribution is 2.60. The Morgan fingerprint density at radius 1 is 0.875 bits per heavy atom. The van der Waals surface area contributed by atoms with Crippen LogP contribution in [0, 0.1) is 24.7 Å². The molecule has 4 fully saturated rings. The Morgan fingerprint density at radius 3 is 2.16 bits per heavy atom. The van der Waals surface area contributed by atoms with Crippen LogP contribution in [0.15, 0.2) is 30.3 Å². The smallest absolute Gasteiger partial charge is 0.138 e. The van der Waals surface area contributed by atoms with Crippen molar-refractivity contribution in [3.8, 4) is 5.75 Å². The van der Waals surface area contributed by atoms with Gasteiger partial charge in [0.2, 0.25) is 0 Å². The SMILES string of the molecule is Cc1cc(CNCCNCc2cc(Cl)cc(Cl)c2O)cc(C23CC4CC(CC(C4)C2)C3)c1. The summed E-state index contributed by atoms with van der Waals surface area (Å²) in [6, 6.07) is 10.6. The van der Waals surface area contributed by atoms with E-state index in [1.807, 2.05) is 0 Å². The van der Waals surface area contributed by atoms with Crippen LogP contribution in [0.25, 0.3) is 0 Å². The molecule has 0 saturated heterocycles. The molecule has 4 bridgehead atoms. The Morgan fingerprint density at radius 2 is 1.50 bits per heavy atom. The third-order valence-corrected chi connectivity index (χ3v) is 8.52. The maximum Gasteiger partial charge on any atom is 0.138 e. The Hall–Kier alpha value is -1.26. The first-order valence-electron chi connectivity index (χ1n) is 12.1. The molecule has 5 heteroatoms. The van der Waals surface area contributed by atoms with Gasteiger partial charge in [-0.15, -0.1) is 0 Å². The minimum Gasteiger partial charge on any atom is -0.506 e. The third-order valence-electron chi connectivity index (χ3n) is 8.02. The van der Waals surface area contributed by atoms with E-state index in [0.29, 0.717) is 22.0 Å². The molecule has 0 spiro atoms. The molecule has 6 rings (SSSR count). The van der Waals surface area contributed by atoms with Gasteiger partial charge in [0, 0.05) is 36.8 Å². The second-order valence-corrected chi connectivity index (χ2v) is 11.5. The van der Waals surface area contributed by atoms with Crippen LogP contribution in [0.1, 0.15) is 60.8 Å². The monoisotopic (exact) mass is 472 g/mol. The molecule has 0 aromatic heterocycles. The minimum atomic E-state index is 0.105. The summed E-state index contributed by atoms with van der Waals surface area (Å²) in [5.41, 5.74) is 5.58. The summed E-state index contributed by atoms with van der Waals surface area (Å²) in [7, 11) is 0. The van der Waals surface area contributed by atoms with Crippen LogP contribution in [0.5, 0.6) is 5.75 Å². The first-order chi connectivity index (χ1) is 15.4. The Balaban J connectivity index is 1.15. The van der Waals surface area contributed by atoms with E-state index in [9.17, 15) is 5.11 Å². The molecule has 3 nitrogen and oxygen atoms in total. The van der Waals surface area contributed by atoms with Crippen molar-refractivity contribution in [3.63, 3.8) is 0 Å². The lowest BCUT2D eigenvalue weighted by atomic mass is 9.48. The molecule has 32 heavy (non-hydrogen) atoms. The van der Waals surface area contributed by atoms with Gasteiger partial charge in [-0.3, -0.25) is 0 Å². The quantitative estimate of drug-likeness (QED) is 0.391. The zero-order valence-electron chi connectivity index (χ0n) is 18.9. The molecular weight excluding hydrogens is 439 g/mol. The van der Waals surface area contributed by atoms with Gasteiger partial charge in [0.05, 0.1) is 5.02 Å². The highest BCUT2D eigenvalue weighted by Gasteiger charge is 2.51. The van der Waals surface area contributed by atoms with E-state index >= 15 is 0 Å². The fourth-order valence-electron chi connectivity index (χ4n) is 7.12. The normalized spacial score (nSPS) is 28.4. The summed E-state index contributed by atoms with van der Waals surface area (Å²) in [6.45, 7) is 5.33. The van der Waals surface area contributed by atoms with E-state index in [-0.39, 0.29) is 5.75 Å². The first kappa shape index (κ1) is 22.5. The second kappa shape index (κ2) is 9.18. The second-order valence-electron chi connectivity index (χ2n) is 10.7. The van der Waals surface area contributed by atoms with Gasteiger partial charge in [-0.05, 0) is 91.9 Å². The summed E-state index contributed by atoms with van der Waals surface area (Å²) >= 11 is 12.0. The topological polar surface area (TPSA) is 44.3 Å². The van der Waals surface area contributed by atoms with Gasteiger partial charge in [0.1, 0.15) is 5.75 Å². The summed E-state index contributed by atoms with van der Waals surface area (Å²) in [5, 5.41) is 17.8. The lowest BCUT2D eigenvalue weighted by Crippen LogP contribution is -2.48. The van der Waals surface area contributed by atoms with Crippen LogP contribution in [0.3, 0.4) is 0 Å². The molecule has 4 aliphatic rings. The Kier molecular flexibility index (Phi) is 6.46. The lowest BCUT2D eigenvalue weighted by molar-refractivity contribution is -0.00524. The predicted molar refractivity (Wildman–Crippen MR) is 133 cm³/mol. The summed E-state index contributed by atoms with van der Waals surface area (Å²) < 4.78 is 0. The van der Waals surface area contributed by atoms with Gasteiger partial charge in [-0.1, -0.05) is 47.0 Å². The minimum absolute atomic E-state index is 0.105.